The van der Waals surface area contributed by atoms with Crippen LogP contribution in [0.15, 0.2) is 54.6 Å². The molecule has 146 valence electrons. The zero-order chi connectivity index (χ0) is 19.7. The van der Waals surface area contributed by atoms with Gasteiger partial charge in [-0.15, -0.1) is 0 Å². The fraction of sp³-hybridized carbons (Fsp3) is 0.316. The van der Waals surface area contributed by atoms with E-state index in [0.29, 0.717) is 30.2 Å². The number of amides is 1. The Bertz CT molecular complexity index is 823. The number of benzene rings is 2. The van der Waals surface area contributed by atoms with Crippen molar-refractivity contribution in [3.05, 3.63) is 54.6 Å². The Balaban J connectivity index is 1.92. The van der Waals surface area contributed by atoms with Crippen molar-refractivity contribution in [2.75, 3.05) is 38.4 Å². The van der Waals surface area contributed by atoms with Gasteiger partial charge < -0.3 is 14.8 Å². The molecule has 0 aromatic heterocycles. The maximum absolute atomic E-state index is 12.2. The third-order valence-electron chi connectivity index (χ3n) is 3.66. The summed E-state index contributed by atoms with van der Waals surface area (Å²) in [5.74, 6) is 0.945. The molecule has 27 heavy (non-hydrogen) atoms. The van der Waals surface area contributed by atoms with Gasteiger partial charge in [0.1, 0.15) is 11.5 Å². The van der Waals surface area contributed by atoms with Crippen LogP contribution in [-0.4, -0.2) is 51.7 Å². The maximum atomic E-state index is 12.2. The van der Waals surface area contributed by atoms with Gasteiger partial charge in [-0.25, -0.2) is 8.42 Å². The fourth-order valence-electron chi connectivity index (χ4n) is 2.34. The highest BCUT2D eigenvalue weighted by Crippen LogP contribution is 2.22. The van der Waals surface area contributed by atoms with Gasteiger partial charge in [0.2, 0.25) is 15.9 Å². The van der Waals surface area contributed by atoms with E-state index in [1.807, 2.05) is 30.3 Å². The largest absolute Gasteiger partial charge is 0.457 e. The van der Waals surface area contributed by atoms with Crippen LogP contribution in [0.2, 0.25) is 0 Å². The highest BCUT2D eigenvalue weighted by molar-refractivity contribution is 7.88. The number of hydrogen-bond donors (Lipinski definition) is 1. The van der Waals surface area contributed by atoms with Crippen LogP contribution < -0.4 is 10.1 Å². The van der Waals surface area contributed by atoms with E-state index in [4.69, 9.17) is 9.47 Å². The zero-order valence-corrected chi connectivity index (χ0v) is 16.2. The van der Waals surface area contributed by atoms with E-state index in [0.717, 1.165) is 10.6 Å². The van der Waals surface area contributed by atoms with Crippen molar-refractivity contribution in [1.82, 2.24) is 4.31 Å². The Labute approximate surface area is 160 Å². The number of nitrogens with zero attached hydrogens (tertiary/aromatic N) is 1. The van der Waals surface area contributed by atoms with E-state index in [2.05, 4.69) is 5.32 Å². The Kier molecular flexibility index (Phi) is 7.78. The number of hydrogen-bond acceptors (Lipinski definition) is 5. The molecule has 1 N–H and O–H groups in total. The van der Waals surface area contributed by atoms with Gasteiger partial charge in [-0.2, -0.15) is 4.31 Å². The van der Waals surface area contributed by atoms with Gasteiger partial charge in [-0.3, -0.25) is 4.79 Å². The number of carbonyl (C=O) groups is 1. The summed E-state index contributed by atoms with van der Waals surface area (Å²) in [6.45, 7) is 0.408. The van der Waals surface area contributed by atoms with Crippen LogP contribution in [0.4, 0.5) is 5.69 Å². The lowest BCUT2D eigenvalue weighted by Gasteiger charge is -2.19. The van der Waals surface area contributed by atoms with Crippen LogP contribution in [0.3, 0.4) is 0 Å². The number of methoxy groups -OCH3 is 1. The van der Waals surface area contributed by atoms with Crippen molar-refractivity contribution in [2.24, 2.45) is 0 Å². The summed E-state index contributed by atoms with van der Waals surface area (Å²) < 4.78 is 35.4. The SMILES string of the molecule is COCCCN(CC(=O)Nc1ccc(Oc2ccccc2)cc1)S(C)(=O)=O. The molecular weight excluding hydrogens is 368 g/mol. The predicted octanol–water partition coefficient (Wildman–Crippen LogP) is 2.72. The molecule has 2 aromatic carbocycles. The molecule has 0 radical (unpaired) electrons. The van der Waals surface area contributed by atoms with E-state index < -0.39 is 15.9 Å². The van der Waals surface area contributed by atoms with Crippen molar-refractivity contribution in [3.63, 3.8) is 0 Å². The number of rotatable bonds is 10. The summed E-state index contributed by atoms with van der Waals surface area (Å²) in [4.78, 5) is 12.2. The first kappa shape index (κ1) is 20.9. The number of para-hydroxylation sites is 1. The van der Waals surface area contributed by atoms with Gasteiger partial charge in [0, 0.05) is 25.9 Å². The Morgan fingerprint density at radius 3 is 2.26 bits per heavy atom. The van der Waals surface area contributed by atoms with Crippen LogP contribution in [0.5, 0.6) is 11.5 Å². The van der Waals surface area contributed by atoms with E-state index >= 15 is 0 Å². The van der Waals surface area contributed by atoms with E-state index in [9.17, 15) is 13.2 Å². The van der Waals surface area contributed by atoms with Crippen molar-refractivity contribution in [3.8, 4) is 11.5 Å². The molecule has 8 heteroatoms. The summed E-state index contributed by atoms with van der Waals surface area (Å²) in [5, 5.41) is 2.69. The number of sulfonamides is 1. The standard InChI is InChI=1S/C19H24N2O5S/c1-25-14-6-13-21(27(2,23)24)15-19(22)20-16-9-11-18(12-10-16)26-17-7-4-3-5-8-17/h3-5,7-12H,6,13-15H2,1-2H3,(H,20,22). The van der Waals surface area contributed by atoms with E-state index in [1.165, 1.54) is 0 Å². The second-order valence-corrected chi connectivity index (χ2v) is 7.91. The number of carbonyl (C=O) groups excluding carboxylic acids is 1. The first-order chi connectivity index (χ1) is 12.9. The lowest BCUT2D eigenvalue weighted by Crippen LogP contribution is -2.38. The van der Waals surface area contributed by atoms with E-state index in [1.54, 1.807) is 31.4 Å². The quantitative estimate of drug-likeness (QED) is 0.629. The first-order valence-electron chi connectivity index (χ1n) is 8.45. The van der Waals surface area contributed by atoms with Crippen LogP contribution in [0.25, 0.3) is 0 Å². The lowest BCUT2D eigenvalue weighted by atomic mass is 10.3. The minimum absolute atomic E-state index is 0.226. The molecule has 1 amide bonds. The first-order valence-corrected chi connectivity index (χ1v) is 10.3. The fourth-order valence-corrected chi connectivity index (χ4v) is 3.15. The molecule has 0 bridgehead atoms. The molecule has 0 aliphatic heterocycles. The van der Waals surface area contributed by atoms with Crippen LogP contribution in [-0.2, 0) is 19.6 Å². The second kappa shape index (κ2) is 10.1. The summed E-state index contributed by atoms with van der Waals surface area (Å²) >= 11 is 0. The zero-order valence-electron chi connectivity index (χ0n) is 15.4. The molecule has 0 unspecified atom stereocenters. The predicted molar refractivity (Wildman–Crippen MR) is 104 cm³/mol. The topological polar surface area (TPSA) is 84.9 Å². The van der Waals surface area contributed by atoms with Gasteiger partial charge >= 0.3 is 0 Å². The summed E-state index contributed by atoms with van der Waals surface area (Å²) in [6, 6.07) is 16.2. The molecule has 0 aliphatic rings. The van der Waals surface area contributed by atoms with Gasteiger partial charge in [0.25, 0.3) is 0 Å². The van der Waals surface area contributed by atoms with Gasteiger partial charge in [-0.05, 0) is 42.8 Å². The average molecular weight is 392 g/mol. The number of anilines is 1. The molecule has 0 heterocycles. The van der Waals surface area contributed by atoms with Gasteiger partial charge in [0.05, 0.1) is 12.8 Å². The summed E-state index contributed by atoms with van der Waals surface area (Å²) in [6.07, 6.45) is 1.60. The third-order valence-corrected chi connectivity index (χ3v) is 4.91. The smallest absolute Gasteiger partial charge is 0.239 e. The second-order valence-electron chi connectivity index (χ2n) is 5.93. The highest BCUT2D eigenvalue weighted by atomic mass is 32.2. The van der Waals surface area contributed by atoms with Crippen molar-refractivity contribution in [2.45, 2.75) is 6.42 Å². The Hall–Kier alpha value is -2.42. The molecule has 2 rings (SSSR count). The third kappa shape index (κ3) is 7.38. The molecule has 0 fully saturated rings. The Morgan fingerprint density at radius 2 is 1.67 bits per heavy atom. The Morgan fingerprint density at radius 1 is 1.04 bits per heavy atom. The number of nitrogens with one attached hydrogen (secondary N) is 1. The highest BCUT2D eigenvalue weighted by Gasteiger charge is 2.19. The van der Waals surface area contributed by atoms with Crippen LogP contribution in [0.1, 0.15) is 6.42 Å². The molecule has 0 aliphatic carbocycles. The molecule has 2 aromatic rings. The minimum atomic E-state index is -3.48. The van der Waals surface area contributed by atoms with Crippen molar-refractivity contribution >= 4 is 21.6 Å². The maximum Gasteiger partial charge on any atom is 0.239 e. The van der Waals surface area contributed by atoms with Crippen LogP contribution >= 0.6 is 0 Å². The minimum Gasteiger partial charge on any atom is -0.457 e. The van der Waals surface area contributed by atoms with E-state index in [-0.39, 0.29) is 13.1 Å². The molecule has 7 nitrogen and oxygen atoms in total. The summed E-state index contributed by atoms with van der Waals surface area (Å²) in [7, 11) is -1.93. The van der Waals surface area contributed by atoms with Gasteiger partial charge in [0.15, 0.2) is 0 Å². The van der Waals surface area contributed by atoms with Crippen molar-refractivity contribution in [1.29, 1.82) is 0 Å². The molecule has 0 saturated heterocycles. The van der Waals surface area contributed by atoms with Crippen LogP contribution in [0, 0.1) is 0 Å². The average Bonchev–Trinajstić information content (AvgIpc) is 2.63. The number of ether oxygens (including phenoxy) is 2. The summed E-state index contributed by atoms with van der Waals surface area (Å²) in [5.41, 5.74) is 0.561. The monoisotopic (exact) mass is 392 g/mol. The molecular formula is C19H24N2O5S. The molecule has 0 saturated carbocycles. The van der Waals surface area contributed by atoms with Gasteiger partial charge in [-0.1, -0.05) is 18.2 Å². The lowest BCUT2D eigenvalue weighted by molar-refractivity contribution is -0.116. The molecule has 0 atom stereocenters. The van der Waals surface area contributed by atoms with Crippen molar-refractivity contribution < 1.29 is 22.7 Å². The normalized spacial score (nSPS) is 11.4. The molecule has 0 spiro atoms.